The van der Waals surface area contributed by atoms with Crippen LogP contribution in [0.4, 0.5) is 13.2 Å². The van der Waals surface area contributed by atoms with E-state index in [4.69, 9.17) is 0 Å². The Hall–Kier alpha value is -0.510. The summed E-state index contributed by atoms with van der Waals surface area (Å²) in [7, 11) is 0. The Balaban J connectivity index is 1.68. The highest BCUT2D eigenvalue weighted by atomic mass is 19.4. The van der Waals surface area contributed by atoms with Gasteiger partial charge in [0.2, 0.25) is 0 Å². The maximum absolute atomic E-state index is 12.9. The van der Waals surface area contributed by atoms with E-state index in [1.807, 2.05) is 0 Å². The standard InChI is InChI=1S/C17H26F3N/c1-12-5-3-6-13(2)16(9-15(12)16)11-21-8-4-7-14(10-21)17(18,19)20/h7,12-13,15H,3-6,8-11H2,1-2H3/t12?,13?,15-,16?/m1/s1. The Bertz CT molecular complexity index is 428. The first-order valence-corrected chi connectivity index (χ1v) is 8.31. The van der Waals surface area contributed by atoms with Gasteiger partial charge in [-0.1, -0.05) is 39.2 Å². The molecule has 0 N–H and O–H groups in total. The van der Waals surface area contributed by atoms with Crippen molar-refractivity contribution < 1.29 is 13.2 Å². The molecule has 4 atom stereocenters. The fourth-order valence-corrected chi connectivity index (χ4v) is 4.82. The molecular weight excluding hydrogens is 275 g/mol. The Morgan fingerprint density at radius 3 is 2.76 bits per heavy atom. The molecule has 3 rings (SSSR count). The Kier molecular flexibility index (Phi) is 3.88. The van der Waals surface area contributed by atoms with Crippen LogP contribution in [0.5, 0.6) is 0 Å². The molecule has 0 radical (unpaired) electrons. The van der Waals surface area contributed by atoms with Crippen LogP contribution < -0.4 is 0 Å². The molecule has 0 spiro atoms. The fourth-order valence-electron chi connectivity index (χ4n) is 4.82. The zero-order valence-electron chi connectivity index (χ0n) is 13.0. The maximum Gasteiger partial charge on any atom is 0.413 e. The van der Waals surface area contributed by atoms with Crippen molar-refractivity contribution in [3.8, 4) is 0 Å². The highest BCUT2D eigenvalue weighted by Crippen LogP contribution is 2.65. The second kappa shape index (κ2) is 5.29. The van der Waals surface area contributed by atoms with Gasteiger partial charge in [0.05, 0.1) is 0 Å². The minimum Gasteiger partial charge on any atom is -0.298 e. The molecule has 3 unspecified atom stereocenters. The van der Waals surface area contributed by atoms with Crippen LogP contribution in [0.2, 0.25) is 0 Å². The van der Waals surface area contributed by atoms with Gasteiger partial charge in [-0.25, -0.2) is 0 Å². The summed E-state index contributed by atoms with van der Waals surface area (Å²) in [6, 6.07) is 0. The van der Waals surface area contributed by atoms with Gasteiger partial charge in [-0.15, -0.1) is 0 Å². The van der Waals surface area contributed by atoms with Crippen molar-refractivity contribution in [2.24, 2.45) is 23.2 Å². The zero-order chi connectivity index (χ0) is 15.3. The van der Waals surface area contributed by atoms with Gasteiger partial charge in [0.25, 0.3) is 0 Å². The van der Waals surface area contributed by atoms with Gasteiger partial charge >= 0.3 is 6.18 Å². The molecule has 21 heavy (non-hydrogen) atoms. The summed E-state index contributed by atoms with van der Waals surface area (Å²) in [6.45, 7) is 6.41. The van der Waals surface area contributed by atoms with Crippen molar-refractivity contribution >= 4 is 0 Å². The van der Waals surface area contributed by atoms with Crippen molar-refractivity contribution in [2.45, 2.75) is 52.1 Å². The van der Waals surface area contributed by atoms with Gasteiger partial charge in [-0.3, -0.25) is 4.90 Å². The average molecular weight is 301 g/mol. The van der Waals surface area contributed by atoms with Crippen LogP contribution in [0.15, 0.2) is 11.6 Å². The van der Waals surface area contributed by atoms with Crippen molar-refractivity contribution in [1.82, 2.24) is 4.90 Å². The van der Waals surface area contributed by atoms with E-state index in [1.165, 1.54) is 31.8 Å². The molecule has 120 valence electrons. The summed E-state index contributed by atoms with van der Waals surface area (Å²) in [5.74, 6) is 2.15. The van der Waals surface area contributed by atoms with E-state index in [9.17, 15) is 13.2 Å². The van der Waals surface area contributed by atoms with E-state index in [2.05, 4.69) is 18.7 Å². The summed E-state index contributed by atoms with van der Waals surface area (Å²) in [5.41, 5.74) is -0.0269. The lowest BCUT2D eigenvalue weighted by molar-refractivity contribution is -0.0978. The molecule has 0 bridgehead atoms. The zero-order valence-corrected chi connectivity index (χ0v) is 13.0. The van der Waals surface area contributed by atoms with Crippen LogP contribution in [0.25, 0.3) is 0 Å². The molecule has 4 heteroatoms. The van der Waals surface area contributed by atoms with Crippen molar-refractivity contribution in [2.75, 3.05) is 19.6 Å². The summed E-state index contributed by atoms with van der Waals surface area (Å²) in [5, 5.41) is 0. The Labute approximate surface area is 125 Å². The van der Waals surface area contributed by atoms with E-state index in [-0.39, 0.29) is 12.1 Å². The van der Waals surface area contributed by atoms with Crippen molar-refractivity contribution in [1.29, 1.82) is 0 Å². The molecule has 3 aliphatic rings. The largest absolute Gasteiger partial charge is 0.413 e. The second-order valence-corrected chi connectivity index (χ2v) is 7.58. The number of halogens is 3. The van der Waals surface area contributed by atoms with Gasteiger partial charge in [0.15, 0.2) is 0 Å². The molecular formula is C17H26F3N. The number of nitrogens with zero attached hydrogens (tertiary/aromatic N) is 1. The van der Waals surface area contributed by atoms with Crippen LogP contribution in [-0.2, 0) is 0 Å². The van der Waals surface area contributed by atoms with Gasteiger partial charge in [-0.2, -0.15) is 13.2 Å². The first kappa shape index (κ1) is 15.4. The van der Waals surface area contributed by atoms with Gasteiger partial charge in [-0.05, 0) is 36.0 Å². The smallest absolute Gasteiger partial charge is 0.298 e. The third kappa shape index (κ3) is 2.88. The van der Waals surface area contributed by atoms with E-state index < -0.39 is 6.18 Å². The third-order valence-electron chi connectivity index (χ3n) is 6.26. The monoisotopic (exact) mass is 301 g/mol. The predicted octanol–water partition coefficient (Wildman–Crippen LogP) is 4.64. The first-order chi connectivity index (χ1) is 9.83. The topological polar surface area (TPSA) is 3.24 Å². The van der Waals surface area contributed by atoms with Crippen LogP contribution >= 0.6 is 0 Å². The molecule has 1 nitrogen and oxygen atoms in total. The minimum absolute atomic E-state index is 0.0963. The molecule has 2 aliphatic carbocycles. The quantitative estimate of drug-likeness (QED) is 0.671. The Morgan fingerprint density at radius 2 is 2.05 bits per heavy atom. The molecule has 0 saturated heterocycles. The predicted molar refractivity (Wildman–Crippen MR) is 77.9 cm³/mol. The van der Waals surface area contributed by atoms with Crippen LogP contribution in [0, 0.1) is 23.2 Å². The second-order valence-electron chi connectivity index (χ2n) is 7.58. The lowest BCUT2D eigenvalue weighted by Gasteiger charge is -2.34. The molecule has 0 amide bonds. The van der Waals surface area contributed by atoms with Crippen LogP contribution in [0.1, 0.15) is 46.0 Å². The molecule has 1 heterocycles. The SMILES string of the molecule is CC1CCCC(C)C2(CN3CCC=C(C(F)(F)F)C3)C[C@H]12. The first-order valence-electron chi connectivity index (χ1n) is 8.31. The highest BCUT2D eigenvalue weighted by Gasteiger charge is 2.60. The van der Waals surface area contributed by atoms with Gasteiger partial charge < -0.3 is 0 Å². The maximum atomic E-state index is 12.9. The van der Waals surface area contributed by atoms with Gasteiger partial charge in [0.1, 0.15) is 0 Å². The molecule has 0 aromatic rings. The van der Waals surface area contributed by atoms with Crippen molar-refractivity contribution in [3.05, 3.63) is 11.6 Å². The lowest BCUT2D eigenvalue weighted by atomic mass is 9.84. The van der Waals surface area contributed by atoms with Crippen molar-refractivity contribution in [3.63, 3.8) is 0 Å². The summed E-state index contributed by atoms with van der Waals surface area (Å²) < 4.78 is 38.7. The van der Waals surface area contributed by atoms with E-state index in [0.717, 1.165) is 24.9 Å². The molecule has 1 aliphatic heterocycles. The lowest BCUT2D eigenvalue weighted by Crippen LogP contribution is -2.40. The fraction of sp³-hybridized carbons (Fsp3) is 0.882. The van der Waals surface area contributed by atoms with Gasteiger partial charge in [0, 0.05) is 25.2 Å². The number of rotatable bonds is 2. The molecule has 2 saturated carbocycles. The molecule has 2 fully saturated rings. The van der Waals surface area contributed by atoms with E-state index in [1.54, 1.807) is 0 Å². The summed E-state index contributed by atoms with van der Waals surface area (Å²) >= 11 is 0. The van der Waals surface area contributed by atoms with E-state index >= 15 is 0 Å². The number of alkyl halides is 3. The minimum atomic E-state index is -4.15. The number of hydrogen-bond acceptors (Lipinski definition) is 1. The molecule has 0 aromatic heterocycles. The summed E-state index contributed by atoms with van der Waals surface area (Å²) in [6.07, 6.45) is 2.84. The summed E-state index contributed by atoms with van der Waals surface area (Å²) in [4.78, 5) is 2.07. The average Bonchev–Trinajstić information content (AvgIpc) is 3.14. The number of fused-ring (bicyclic) bond motifs is 1. The highest BCUT2D eigenvalue weighted by molar-refractivity contribution is 5.16. The number of hydrogen-bond donors (Lipinski definition) is 0. The van der Waals surface area contributed by atoms with Crippen LogP contribution in [0.3, 0.4) is 0 Å². The Morgan fingerprint density at radius 1 is 1.29 bits per heavy atom. The van der Waals surface area contributed by atoms with E-state index in [0.29, 0.717) is 17.8 Å². The third-order valence-corrected chi connectivity index (χ3v) is 6.26. The molecule has 0 aromatic carbocycles. The van der Waals surface area contributed by atoms with Crippen LogP contribution in [-0.4, -0.2) is 30.7 Å². The normalized spacial score (nSPS) is 41.2.